The van der Waals surface area contributed by atoms with E-state index in [2.05, 4.69) is 11.1 Å². The Labute approximate surface area is 187 Å². The van der Waals surface area contributed by atoms with Crippen LogP contribution in [0.3, 0.4) is 0 Å². The van der Waals surface area contributed by atoms with Gasteiger partial charge >= 0.3 is 97.3 Å². The quantitative estimate of drug-likeness (QED) is 0.352. The van der Waals surface area contributed by atoms with Gasteiger partial charge in [0.05, 0.1) is 0 Å². The molecule has 1 N–H and O–H groups in total. The van der Waals surface area contributed by atoms with Crippen molar-refractivity contribution < 1.29 is 21.9 Å². The SMILES string of the molecule is CCCCCCCCCCCC(=O)OS(=O)(=O)O.[KH].[NaH]. The van der Waals surface area contributed by atoms with Crippen LogP contribution in [0.5, 0.6) is 0 Å². The van der Waals surface area contributed by atoms with E-state index in [9.17, 15) is 13.2 Å². The van der Waals surface area contributed by atoms with E-state index in [-0.39, 0.29) is 87.4 Å². The van der Waals surface area contributed by atoms with Gasteiger partial charge in [-0.1, -0.05) is 58.3 Å². The fourth-order valence-electron chi connectivity index (χ4n) is 1.74. The predicted molar refractivity (Wildman–Crippen MR) is 83.8 cm³/mol. The summed E-state index contributed by atoms with van der Waals surface area (Å²) in [4.78, 5) is 10.9. The molecule has 0 heterocycles. The first-order chi connectivity index (χ1) is 8.45. The average molecular weight is 344 g/mol. The molecule has 0 aliphatic carbocycles. The fraction of sp³-hybridized carbons (Fsp3) is 0.917. The number of hydrogen-bond acceptors (Lipinski definition) is 4. The van der Waals surface area contributed by atoms with Crippen molar-refractivity contribution in [1.82, 2.24) is 0 Å². The predicted octanol–water partition coefficient (Wildman–Crippen LogP) is 1.96. The van der Waals surface area contributed by atoms with Crippen molar-refractivity contribution in [3.63, 3.8) is 0 Å². The van der Waals surface area contributed by atoms with Crippen molar-refractivity contribution in [3.05, 3.63) is 0 Å². The molecule has 0 rings (SSSR count). The first-order valence-corrected chi connectivity index (χ1v) is 8.02. The van der Waals surface area contributed by atoms with Crippen LogP contribution in [0.25, 0.3) is 0 Å². The van der Waals surface area contributed by atoms with Crippen LogP contribution in [0.15, 0.2) is 0 Å². The van der Waals surface area contributed by atoms with Crippen LogP contribution in [-0.4, -0.2) is 99.9 Å². The number of hydrogen-bond donors (Lipinski definition) is 1. The Hall–Kier alpha value is 2.02. The number of rotatable bonds is 11. The van der Waals surface area contributed by atoms with Gasteiger partial charge in [0.15, 0.2) is 0 Å². The van der Waals surface area contributed by atoms with Gasteiger partial charge in [-0.15, -0.1) is 0 Å². The minimum atomic E-state index is -4.63. The first kappa shape index (κ1) is 26.9. The summed E-state index contributed by atoms with van der Waals surface area (Å²) in [5, 5.41) is 0. The van der Waals surface area contributed by atoms with Gasteiger partial charge in [-0.25, -0.2) is 0 Å². The van der Waals surface area contributed by atoms with Crippen LogP contribution in [0.1, 0.15) is 71.1 Å². The number of carbonyl (C=O) groups is 1. The van der Waals surface area contributed by atoms with Crippen molar-refractivity contribution in [2.45, 2.75) is 71.1 Å². The maximum atomic E-state index is 10.9. The van der Waals surface area contributed by atoms with Gasteiger partial charge in [-0.3, -0.25) is 9.35 Å². The van der Waals surface area contributed by atoms with Crippen LogP contribution in [0.2, 0.25) is 0 Å². The summed E-state index contributed by atoms with van der Waals surface area (Å²) in [6.07, 6.45) is 10.0. The van der Waals surface area contributed by atoms with Gasteiger partial charge in [0.2, 0.25) is 0 Å². The van der Waals surface area contributed by atoms with Gasteiger partial charge in [-0.05, 0) is 6.42 Å². The number of carbonyl (C=O) groups excluding carboxylic acids is 1. The zero-order valence-corrected chi connectivity index (χ0v) is 11.9. The summed E-state index contributed by atoms with van der Waals surface area (Å²) in [5.74, 6) is -0.888. The molecule has 0 saturated heterocycles. The van der Waals surface area contributed by atoms with Crippen molar-refractivity contribution in [3.8, 4) is 0 Å². The summed E-state index contributed by atoms with van der Waals surface area (Å²) >= 11 is 0. The molecule has 0 unspecified atom stereocenters. The van der Waals surface area contributed by atoms with Crippen LogP contribution >= 0.6 is 0 Å². The molecule has 20 heavy (non-hydrogen) atoms. The van der Waals surface area contributed by atoms with Crippen molar-refractivity contribution >= 4 is 97.3 Å². The van der Waals surface area contributed by atoms with Crippen molar-refractivity contribution in [2.75, 3.05) is 0 Å². The average Bonchev–Trinajstić information content (AvgIpc) is 2.24. The Balaban J connectivity index is -0.00000144. The molecular weight excluding hydrogens is 318 g/mol. The monoisotopic (exact) mass is 344 g/mol. The van der Waals surface area contributed by atoms with E-state index < -0.39 is 16.4 Å². The second kappa shape index (κ2) is 17.4. The molecule has 0 radical (unpaired) electrons. The van der Waals surface area contributed by atoms with Crippen molar-refractivity contribution in [2.24, 2.45) is 0 Å². The molecule has 0 spiro atoms. The summed E-state index contributed by atoms with van der Waals surface area (Å²) in [6, 6.07) is 0. The molecule has 0 amide bonds. The molecule has 0 aromatic heterocycles. The molecule has 0 aliphatic heterocycles. The normalized spacial score (nSPS) is 10.3. The van der Waals surface area contributed by atoms with E-state index in [0.717, 1.165) is 19.3 Å². The third-order valence-electron chi connectivity index (χ3n) is 2.68. The van der Waals surface area contributed by atoms with E-state index in [4.69, 9.17) is 4.55 Å². The Morgan fingerprint density at radius 1 is 0.950 bits per heavy atom. The molecule has 0 aromatic carbocycles. The Morgan fingerprint density at radius 2 is 1.35 bits per heavy atom. The minimum absolute atomic E-state index is 0. The Morgan fingerprint density at radius 3 is 1.75 bits per heavy atom. The molecule has 112 valence electrons. The van der Waals surface area contributed by atoms with Crippen LogP contribution in [-0.2, 0) is 19.4 Å². The molecule has 5 nitrogen and oxygen atoms in total. The van der Waals surface area contributed by atoms with Gasteiger partial charge in [0.1, 0.15) is 0 Å². The zero-order valence-electron chi connectivity index (χ0n) is 11.1. The molecule has 0 aliphatic rings. The van der Waals surface area contributed by atoms with E-state index in [1.807, 2.05) is 0 Å². The van der Waals surface area contributed by atoms with Crippen LogP contribution in [0.4, 0.5) is 0 Å². The van der Waals surface area contributed by atoms with E-state index in [1.54, 1.807) is 0 Å². The molecule has 0 fully saturated rings. The summed E-state index contributed by atoms with van der Waals surface area (Å²) in [7, 11) is -4.63. The van der Waals surface area contributed by atoms with Gasteiger partial charge in [-0.2, -0.15) is 8.42 Å². The molecule has 0 atom stereocenters. The van der Waals surface area contributed by atoms with Crippen molar-refractivity contribution in [1.29, 1.82) is 0 Å². The summed E-state index contributed by atoms with van der Waals surface area (Å²) in [6.45, 7) is 2.19. The van der Waals surface area contributed by atoms with Crippen LogP contribution in [0, 0.1) is 0 Å². The molecule has 8 heteroatoms. The summed E-state index contributed by atoms with van der Waals surface area (Å²) < 4.78 is 32.5. The van der Waals surface area contributed by atoms with Gasteiger partial charge < -0.3 is 4.18 Å². The topological polar surface area (TPSA) is 80.7 Å². The summed E-state index contributed by atoms with van der Waals surface area (Å²) in [5.41, 5.74) is 0. The van der Waals surface area contributed by atoms with E-state index >= 15 is 0 Å². The zero-order chi connectivity index (χ0) is 13.9. The second-order valence-corrected chi connectivity index (χ2v) is 5.48. The second-order valence-electron chi connectivity index (χ2n) is 4.46. The third-order valence-corrected chi connectivity index (χ3v) is 3.08. The molecular formula is C12H26KNaO5S. The van der Waals surface area contributed by atoms with Gasteiger partial charge in [0, 0.05) is 6.42 Å². The molecule has 0 aromatic rings. The first-order valence-electron chi connectivity index (χ1n) is 6.65. The Kier molecular flexibility index (Phi) is 23.4. The standard InChI is InChI=1S/C12H24O5S.K.Na.2H/c1-2-3-4-5-6-7-8-9-10-11-12(13)17-18(14,15)16;;;;/h2-11H2,1H3,(H,14,15,16);;;;. The van der Waals surface area contributed by atoms with Crippen LogP contribution < -0.4 is 0 Å². The van der Waals surface area contributed by atoms with E-state index in [1.165, 1.54) is 32.1 Å². The third kappa shape index (κ3) is 22.3. The maximum absolute atomic E-state index is 10.9. The van der Waals surface area contributed by atoms with Gasteiger partial charge in [0.25, 0.3) is 0 Å². The molecule has 0 saturated carbocycles. The van der Waals surface area contributed by atoms with E-state index in [0.29, 0.717) is 6.42 Å². The fourth-order valence-corrected chi connectivity index (χ4v) is 2.06. The number of unbranched alkanes of at least 4 members (excludes halogenated alkanes) is 8. The Bertz CT molecular complexity index is 322. The molecule has 0 bridgehead atoms.